The van der Waals surface area contributed by atoms with Gasteiger partial charge in [0.1, 0.15) is 5.76 Å². The summed E-state index contributed by atoms with van der Waals surface area (Å²) in [6, 6.07) is 7.07. The van der Waals surface area contributed by atoms with Crippen molar-refractivity contribution in [2.24, 2.45) is 5.73 Å². The highest BCUT2D eigenvalue weighted by molar-refractivity contribution is 9.13. The van der Waals surface area contributed by atoms with Crippen LogP contribution in [0.2, 0.25) is 0 Å². The molecule has 0 saturated heterocycles. The molecule has 2 aromatic heterocycles. The van der Waals surface area contributed by atoms with Gasteiger partial charge in [-0.3, -0.25) is 4.90 Å². The Kier molecular flexibility index (Phi) is 4.67. The molecule has 1 atom stereocenters. The van der Waals surface area contributed by atoms with Crippen molar-refractivity contribution in [3.63, 3.8) is 0 Å². The van der Waals surface area contributed by atoms with Gasteiger partial charge in [-0.25, -0.2) is 0 Å². The zero-order chi connectivity index (χ0) is 14.1. The van der Waals surface area contributed by atoms with Crippen LogP contribution in [0.1, 0.15) is 29.5 Å². The van der Waals surface area contributed by atoms with Gasteiger partial charge in [-0.2, -0.15) is 0 Å². The van der Waals surface area contributed by atoms with E-state index in [1.54, 1.807) is 11.3 Å². The first kappa shape index (κ1) is 14.8. The fourth-order valence-corrected chi connectivity index (χ4v) is 3.75. The summed E-state index contributed by atoms with van der Waals surface area (Å²) in [6.45, 7) is 1.51. The molecule has 0 bridgehead atoms. The van der Waals surface area contributed by atoms with Gasteiger partial charge in [-0.05, 0) is 62.2 Å². The van der Waals surface area contributed by atoms with Crippen molar-refractivity contribution in [2.45, 2.75) is 31.5 Å². The van der Waals surface area contributed by atoms with E-state index in [-0.39, 0.29) is 6.04 Å². The van der Waals surface area contributed by atoms with E-state index in [1.165, 1.54) is 17.7 Å². The Morgan fingerprint density at radius 2 is 2.25 bits per heavy atom. The maximum atomic E-state index is 6.03. The van der Waals surface area contributed by atoms with Crippen LogP contribution in [0.25, 0.3) is 0 Å². The fourth-order valence-electron chi connectivity index (χ4n) is 2.42. The molecule has 2 heterocycles. The van der Waals surface area contributed by atoms with Gasteiger partial charge in [0.15, 0.2) is 4.67 Å². The molecule has 3 nitrogen and oxygen atoms in total. The normalized spacial score (nSPS) is 16.8. The number of thiophene rings is 1. The van der Waals surface area contributed by atoms with E-state index in [4.69, 9.17) is 10.2 Å². The summed E-state index contributed by atoms with van der Waals surface area (Å²) in [6.07, 6.45) is 2.51. The lowest BCUT2D eigenvalue weighted by molar-refractivity contribution is 0.161. The molecule has 1 saturated carbocycles. The molecule has 0 spiro atoms. The lowest BCUT2D eigenvalue weighted by Crippen LogP contribution is -2.34. The maximum Gasteiger partial charge on any atom is 0.183 e. The Bertz CT molecular complexity index is 546. The number of nitrogens with zero attached hydrogens (tertiary/aromatic N) is 1. The Morgan fingerprint density at radius 1 is 1.45 bits per heavy atom. The second-order valence-electron chi connectivity index (χ2n) is 5.00. The predicted octanol–water partition coefficient (Wildman–Crippen LogP) is 4.53. The molecule has 0 radical (unpaired) electrons. The Balaban J connectivity index is 1.84. The highest BCUT2D eigenvalue weighted by atomic mass is 79.9. The van der Waals surface area contributed by atoms with Crippen LogP contribution in [0.3, 0.4) is 0 Å². The van der Waals surface area contributed by atoms with E-state index in [9.17, 15) is 0 Å². The first-order valence-corrected chi connectivity index (χ1v) is 9.08. The van der Waals surface area contributed by atoms with Crippen LogP contribution in [0.4, 0.5) is 0 Å². The number of furan rings is 1. The molecule has 6 heteroatoms. The van der Waals surface area contributed by atoms with Crippen molar-refractivity contribution in [3.8, 4) is 0 Å². The Morgan fingerprint density at radius 3 is 2.75 bits per heavy atom. The Labute approximate surface area is 139 Å². The molecule has 1 aliphatic carbocycles. The van der Waals surface area contributed by atoms with Crippen molar-refractivity contribution >= 4 is 43.2 Å². The van der Waals surface area contributed by atoms with E-state index in [0.29, 0.717) is 12.6 Å². The number of halogens is 2. The van der Waals surface area contributed by atoms with Crippen LogP contribution in [0.5, 0.6) is 0 Å². The molecule has 0 amide bonds. The summed E-state index contributed by atoms with van der Waals surface area (Å²) in [4.78, 5) is 3.85. The van der Waals surface area contributed by atoms with Gasteiger partial charge in [0.2, 0.25) is 0 Å². The first-order valence-electron chi connectivity index (χ1n) is 6.62. The lowest BCUT2D eigenvalue weighted by atomic mass is 10.1. The number of rotatable bonds is 6. The summed E-state index contributed by atoms with van der Waals surface area (Å²) in [7, 11) is 0. The van der Waals surface area contributed by atoms with Gasteiger partial charge in [0.25, 0.3) is 0 Å². The van der Waals surface area contributed by atoms with Crippen molar-refractivity contribution in [3.05, 3.63) is 43.4 Å². The predicted molar refractivity (Wildman–Crippen MR) is 88.8 cm³/mol. The number of hydrogen-bond acceptors (Lipinski definition) is 4. The Hall–Kier alpha value is -0.140. The van der Waals surface area contributed by atoms with Crippen LogP contribution in [-0.2, 0) is 6.54 Å². The van der Waals surface area contributed by atoms with Crippen LogP contribution in [-0.4, -0.2) is 17.5 Å². The quantitative estimate of drug-likeness (QED) is 0.747. The van der Waals surface area contributed by atoms with Crippen LogP contribution in [0, 0.1) is 0 Å². The molecule has 0 aliphatic heterocycles. The number of hydrogen-bond donors (Lipinski definition) is 1. The third-order valence-corrected chi connectivity index (χ3v) is 6.12. The topological polar surface area (TPSA) is 42.4 Å². The van der Waals surface area contributed by atoms with Crippen LogP contribution < -0.4 is 5.73 Å². The molecule has 2 aromatic rings. The SMILES string of the molecule is NCC(c1cc(Br)c(Br)o1)N(Cc1cccs1)C1CC1. The monoisotopic (exact) mass is 418 g/mol. The summed E-state index contributed by atoms with van der Waals surface area (Å²) in [5, 5.41) is 2.12. The molecule has 1 aliphatic rings. The highest BCUT2D eigenvalue weighted by Crippen LogP contribution is 2.38. The average Bonchev–Trinajstić information content (AvgIpc) is 3.05. The van der Waals surface area contributed by atoms with Gasteiger partial charge in [0, 0.05) is 24.0 Å². The first-order chi connectivity index (χ1) is 9.69. The van der Waals surface area contributed by atoms with Crippen molar-refractivity contribution in [1.82, 2.24) is 4.90 Å². The summed E-state index contributed by atoms with van der Waals surface area (Å²) in [5.41, 5.74) is 6.03. The van der Waals surface area contributed by atoms with E-state index >= 15 is 0 Å². The molecule has 108 valence electrons. The second-order valence-corrected chi connectivity index (χ2v) is 7.61. The van der Waals surface area contributed by atoms with Crippen molar-refractivity contribution in [2.75, 3.05) is 6.54 Å². The third kappa shape index (κ3) is 3.20. The van der Waals surface area contributed by atoms with Crippen molar-refractivity contribution in [1.29, 1.82) is 0 Å². The second kappa shape index (κ2) is 6.32. The summed E-state index contributed by atoms with van der Waals surface area (Å²) < 4.78 is 7.47. The molecule has 1 fully saturated rings. The van der Waals surface area contributed by atoms with Gasteiger partial charge in [-0.1, -0.05) is 6.07 Å². The molecule has 3 rings (SSSR count). The molecule has 2 N–H and O–H groups in total. The minimum atomic E-state index is 0.132. The third-order valence-electron chi connectivity index (χ3n) is 3.55. The smallest absolute Gasteiger partial charge is 0.183 e. The zero-order valence-electron chi connectivity index (χ0n) is 10.9. The summed E-state index contributed by atoms with van der Waals surface area (Å²) >= 11 is 8.68. The van der Waals surface area contributed by atoms with E-state index in [0.717, 1.165) is 21.4 Å². The van der Waals surface area contributed by atoms with Gasteiger partial charge < -0.3 is 10.2 Å². The summed E-state index contributed by atoms with van der Waals surface area (Å²) in [5.74, 6) is 0.926. The zero-order valence-corrected chi connectivity index (χ0v) is 14.9. The molecule has 0 aromatic carbocycles. The maximum absolute atomic E-state index is 6.03. The minimum Gasteiger partial charge on any atom is -0.451 e. The van der Waals surface area contributed by atoms with Gasteiger partial charge >= 0.3 is 0 Å². The van der Waals surface area contributed by atoms with Gasteiger partial charge in [0.05, 0.1) is 10.5 Å². The fraction of sp³-hybridized carbons (Fsp3) is 0.429. The lowest BCUT2D eigenvalue weighted by Gasteiger charge is -2.29. The van der Waals surface area contributed by atoms with E-state index in [2.05, 4.69) is 54.3 Å². The largest absolute Gasteiger partial charge is 0.451 e. The van der Waals surface area contributed by atoms with E-state index < -0.39 is 0 Å². The molecular formula is C14H16Br2N2OS. The average molecular weight is 420 g/mol. The van der Waals surface area contributed by atoms with Crippen LogP contribution >= 0.6 is 43.2 Å². The minimum absolute atomic E-state index is 0.132. The molecule has 1 unspecified atom stereocenters. The number of nitrogens with two attached hydrogens (primary N) is 1. The highest BCUT2D eigenvalue weighted by Gasteiger charge is 2.35. The standard InChI is InChI=1S/C14H16Br2N2OS/c15-11-6-13(19-14(11)16)12(7-17)18(9-3-4-9)8-10-2-1-5-20-10/h1-2,5-6,9,12H,3-4,7-8,17H2. The van der Waals surface area contributed by atoms with Gasteiger partial charge in [-0.15, -0.1) is 11.3 Å². The van der Waals surface area contributed by atoms with Crippen LogP contribution in [0.15, 0.2) is 37.1 Å². The van der Waals surface area contributed by atoms with Crippen molar-refractivity contribution < 1.29 is 4.42 Å². The molecule has 20 heavy (non-hydrogen) atoms. The van der Waals surface area contributed by atoms with E-state index in [1.807, 2.05) is 6.07 Å². The molecular weight excluding hydrogens is 404 g/mol.